The Morgan fingerprint density at radius 2 is 2.19 bits per heavy atom. The number of H-pyrrole nitrogens is 1. The van der Waals surface area contributed by atoms with Gasteiger partial charge in [0.15, 0.2) is 17.4 Å². The van der Waals surface area contributed by atoms with Gasteiger partial charge in [0.2, 0.25) is 5.95 Å². The van der Waals surface area contributed by atoms with E-state index in [0.717, 1.165) is 0 Å². The molecule has 16 heteroatoms. The monoisotopic (exact) mass is 466 g/mol. The molecule has 1 amide bonds. The number of rotatable bonds is 9. The van der Waals surface area contributed by atoms with Gasteiger partial charge in [-0.05, 0) is 6.42 Å². The lowest BCUT2D eigenvalue weighted by molar-refractivity contribution is -0.173. The smallest absolute Gasteiger partial charge is 0.394 e. The van der Waals surface area contributed by atoms with E-state index in [1.807, 2.05) is 0 Å². The summed E-state index contributed by atoms with van der Waals surface area (Å²) in [5.74, 6) is -2.21. The third kappa shape index (κ3) is 5.16. The van der Waals surface area contributed by atoms with Gasteiger partial charge < -0.3 is 35.5 Å². The quantitative estimate of drug-likeness (QED) is 0.212. The molecule has 1 saturated heterocycles. The SMILES string of the molecule is Nc1nc2c(ncn2[C@@H]2O[C@H](CO)[C@@H](O)[C@H]2OCOCCCNC(=O)C(F)(F)F)c(=O)[nH]1. The van der Waals surface area contributed by atoms with Gasteiger partial charge in [-0.2, -0.15) is 18.2 Å². The topological polar surface area (TPSA) is 187 Å². The first kappa shape index (κ1) is 23.9. The number of imidazole rings is 1. The number of aromatic nitrogens is 4. The number of carbonyl (C=O) groups is 1. The van der Waals surface area contributed by atoms with Gasteiger partial charge in [-0.15, -0.1) is 0 Å². The van der Waals surface area contributed by atoms with E-state index < -0.39 is 48.8 Å². The van der Waals surface area contributed by atoms with Crippen LogP contribution in [0.5, 0.6) is 0 Å². The highest BCUT2D eigenvalue weighted by molar-refractivity contribution is 5.81. The van der Waals surface area contributed by atoms with E-state index in [-0.39, 0.29) is 43.5 Å². The number of halogens is 3. The van der Waals surface area contributed by atoms with Crippen molar-refractivity contribution < 1.29 is 42.4 Å². The Balaban J connectivity index is 1.59. The molecule has 2 aromatic heterocycles. The Hall–Kier alpha value is -2.79. The highest BCUT2D eigenvalue weighted by Gasteiger charge is 2.46. The number of hydrogen-bond donors (Lipinski definition) is 5. The van der Waals surface area contributed by atoms with Gasteiger partial charge in [0, 0.05) is 6.54 Å². The predicted molar refractivity (Wildman–Crippen MR) is 98.9 cm³/mol. The normalized spacial score (nSPS) is 23.7. The minimum atomic E-state index is -4.96. The van der Waals surface area contributed by atoms with Crippen molar-refractivity contribution >= 4 is 23.0 Å². The first-order chi connectivity index (χ1) is 15.1. The maximum absolute atomic E-state index is 12.1. The molecule has 13 nitrogen and oxygen atoms in total. The van der Waals surface area contributed by atoms with Crippen LogP contribution in [0.25, 0.3) is 11.2 Å². The Morgan fingerprint density at radius 3 is 2.88 bits per heavy atom. The van der Waals surface area contributed by atoms with Gasteiger partial charge >= 0.3 is 12.1 Å². The van der Waals surface area contributed by atoms with Gasteiger partial charge in [-0.1, -0.05) is 0 Å². The van der Waals surface area contributed by atoms with E-state index >= 15 is 0 Å². The lowest BCUT2D eigenvalue weighted by atomic mass is 10.1. The van der Waals surface area contributed by atoms with Crippen molar-refractivity contribution in [3.05, 3.63) is 16.7 Å². The zero-order valence-electron chi connectivity index (χ0n) is 16.4. The maximum atomic E-state index is 12.1. The van der Waals surface area contributed by atoms with Crippen LogP contribution in [0.15, 0.2) is 11.1 Å². The molecule has 0 radical (unpaired) electrons. The number of amides is 1. The van der Waals surface area contributed by atoms with E-state index in [9.17, 15) is 33.0 Å². The van der Waals surface area contributed by atoms with Crippen LogP contribution in [0.1, 0.15) is 12.6 Å². The van der Waals surface area contributed by atoms with Crippen molar-refractivity contribution in [2.24, 2.45) is 0 Å². The molecule has 0 spiro atoms. The van der Waals surface area contributed by atoms with E-state index in [2.05, 4.69) is 15.0 Å². The van der Waals surface area contributed by atoms with E-state index in [4.69, 9.17) is 19.9 Å². The molecule has 0 unspecified atom stereocenters. The first-order valence-corrected chi connectivity index (χ1v) is 9.34. The summed E-state index contributed by atoms with van der Waals surface area (Å²) in [6, 6.07) is 0. The van der Waals surface area contributed by atoms with Crippen molar-refractivity contribution in [1.82, 2.24) is 24.8 Å². The second-order valence-corrected chi connectivity index (χ2v) is 6.78. The molecule has 4 atom stereocenters. The molecule has 0 bridgehead atoms. The third-order valence-electron chi connectivity index (χ3n) is 4.57. The van der Waals surface area contributed by atoms with Crippen LogP contribution < -0.4 is 16.6 Å². The number of carbonyl (C=O) groups excluding carboxylic acids is 1. The summed E-state index contributed by atoms with van der Waals surface area (Å²) >= 11 is 0. The average Bonchev–Trinajstić information content (AvgIpc) is 3.27. The van der Waals surface area contributed by atoms with Crippen molar-refractivity contribution in [3.8, 4) is 0 Å². The zero-order chi connectivity index (χ0) is 23.5. The number of alkyl halides is 3. The van der Waals surface area contributed by atoms with Crippen LogP contribution in [-0.4, -0.2) is 86.7 Å². The lowest BCUT2D eigenvalue weighted by Gasteiger charge is -2.22. The molecule has 3 heterocycles. The standard InChI is InChI=1S/C16H21F3N6O7/c17-16(18,19)14(29)21-2-1-3-30-6-31-10-9(27)7(4-26)32-13(10)25-5-22-8-11(25)23-15(20)24-12(8)28/h5,7,9-10,13,26-27H,1-4,6H2,(H,21,29)(H3,20,23,24,28)/t7-,9-,10-,13-/m1/s1. The Labute approximate surface area is 177 Å². The summed E-state index contributed by atoms with van der Waals surface area (Å²) in [4.78, 5) is 32.9. The minimum absolute atomic E-state index is 0.0272. The molecule has 0 saturated carbocycles. The molecule has 1 aliphatic heterocycles. The van der Waals surface area contributed by atoms with Gasteiger partial charge in [-0.25, -0.2) is 4.98 Å². The number of anilines is 1. The number of nitrogens with one attached hydrogen (secondary N) is 2. The molecule has 2 aromatic rings. The Kier molecular flexibility index (Phi) is 7.29. The average molecular weight is 466 g/mol. The summed E-state index contributed by atoms with van der Waals surface area (Å²) in [6.45, 7) is -1.21. The van der Waals surface area contributed by atoms with Gasteiger partial charge in [-0.3, -0.25) is 19.1 Å². The first-order valence-electron chi connectivity index (χ1n) is 9.34. The highest BCUT2D eigenvalue weighted by atomic mass is 19.4. The number of nitrogens with two attached hydrogens (primary N) is 1. The van der Waals surface area contributed by atoms with Gasteiger partial charge in [0.05, 0.1) is 19.5 Å². The summed E-state index contributed by atoms with van der Waals surface area (Å²) in [6.07, 6.45) is -8.05. The van der Waals surface area contributed by atoms with Crippen LogP contribution in [0.4, 0.5) is 19.1 Å². The van der Waals surface area contributed by atoms with Crippen molar-refractivity contribution in [2.75, 3.05) is 32.3 Å². The number of aliphatic hydroxyl groups excluding tert-OH is 2. The minimum Gasteiger partial charge on any atom is -0.394 e. The van der Waals surface area contributed by atoms with Gasteiger partial charge in [0.1, 0.15) is 25.1 Å². The molecule has 1 fully saturated rings. The van der Waals surface area contributed by atoms with Crippen LogP contribution in [-0.2, 0) is 19.0 Å². The second-order valence-electron chi connectivity index (χ2n) is 6.78. The van der Waals surface area contributed by atoms with Crippen LogP contribution in [0.3, 0.4) is 0 Å². The molecule has 0 aromatic carbocycles. The summed E-state index contributed by atoms with van der Waals surface area (Å²) < 4.78 is 53.9. The van der Waals surface area contributed by atoms with Crippen LogP contribution in [0.2, 0.25) is 0 Å². The highest BCUT2D eigenvalue weighted by Crippen LogP contribution is 2.33. The molecule has 178 valence electrons. The number of nitrogens with zero attached hydrogens (tertiary/aromatic N) is 3. The number of nitrogen functional groups attached to an aromatic ring is 1. The van der Waals surface area contributed by atoms with Crippen LogP contribution >= 0.6 is 0 Å². The van der Waals surface area contributed by atoms with Gasteiger partial charge in [0.25, 0.3) is 5.56 Å². The number of aliphatic hydroxyl groups is 2. The number of ether oxygens (including phenoxy) is 3. The second kappa shape index (κ2) is 9.78. The third-order valence-corrected chi connectivity index (χ3v) is 4.57. The van der Waals surface area contributed by atoms with E-state index in [0.29, 0.717) is 0 Å². The Morgan fingerprint density at radius 1 is 1.44 bits per heavy atom. The largest absolute Gasteiger partial charge is 0.471 e. The number of hydrogen-bond acceptors (Lipinski definition) is 10. The molecule has 1 aliphatic rings. The van der Waals surface area contributed by atoms with Crippen molar-refractivity contribution in [1.29, 1.82) is 0 Å². The molecular formula is C16H21F3N6O7. The predicted octanol–water partition coefficient (Wildman–Crippen LogP) is -1.62. The molecule has 32 heavy (non-hydrogen) atoms. The van der Waals surface area contributed by atoms with Crippen LogP contribution in [0, 0.1) is 0 Å². The number of aromatic amines is 1. The Bertz CT molecular complexity index is 997. The maximum Gasteiger partial charge on any atom is 0.471 e. The summed E-state index contributed by atoms with van der Waals surface area (Å²) in [5, 5.41) is 21.5. The summed E-state index contributed by atoms with van der Waals surface area (Å²) in [5.41, 5.74) is 5.03. The van der Waals surface area contributed by atoms with Crippen molar-refractivity contribution in [3.63, 3.8) is 0 Å². The molecular weight excluding hydrogens is 445 g/mol. The lowest BCUT2D eigenvalue weighted by Crippen LogP contribution is -2.37. The number of fused-ring (bicyclic) bond motifs is 1. The molecule has 3 rings (SSSR count). The fraction of sp³-hybridized carbons (Fsp3) is 0.625. The fourth-order valence-electron chi connectivity index (χ4n) is 3.06. The van der Waals surface area contributed by atoms with Crippen molar-refractivity contribution in [2.45, 2.75) is 37.1 Å². The summed E-state index contributed by atoms with van der Waals surface area (Å²) in [7, 11) is 0. The fourth-order valence-corrected chi connectivity index (χ4v) is 3.06. The van der Waals surface area contributed by atoms with E-state index in [1.165, 1.54) is 10.9 Å². The van der Waals surface area contributed by atoms with E-state index in [1.54, 1.807) is 5.32 Å². The zero-order valence-corrected chi connectivity index (χ0v) is 16.4. The molecule has 0 aliphatic carbocycles. The molecule has 6 N–H and O–H groups in total.